The van der Waals surface area contributed by atoms with Gasteiger partial charge in [0, 0.05) is 21.6 Å². The predicted octanol–water partition coefficient (Wildman–Crippen LogP) is 13.1. The van der Waals surface area contributed by atoms with Crippen LogP contribution < -0.4 is 0 Å². The first-order valence-electron chi connectivity index (χ1n) is 18.5. The predicted molar refractivity (Wildman–Crippen MR) is 224 cm³/mol. The van der Waals surface area contributed by atoms with Crippen molar-refractivity contribution in [3.05, 3.63) is 197 Å². The fourth-order valence-electron chi connectivity index (χ4n) is 8.66. The first-order chi connectivity index (χ1) is 26.5. The Kier molecular flexibility index (Phi) is 6.62. The van der Waals surface area contributed by atoms with Crippen molar-refractivity contribution in [2.75, 3.05) is 0 Å². The summed E-state index contributed by atoms with van der Waals surface area (Å²) in [5, 5.41) is 12.2. The van der Waals surface area contributed by atoms with Gasteiger partial charge in [0.1, 0.15) is 11.2 Å². The number of furan rings is 1. The number of aliphatic imine (C=N–C) groups is 2. The molecule has 4 nitrogen and oxygen atoms in total. The molecule has 256 valence electrons. The van der Waals surface area contributed by atoms with Crippen LogP contribution in [0.15, 0.2) is 178 Å². The maximum atomic E-state index is 6.26. The molecule has 2 aliphatic rings. The fourth-order valence-corrected chi connectivity index (χ4v) is 8.66. The van der Waals surface area contributed by atoms with Crippen molar-refractivity contribution >= 4 is 55.2 Å². The van der Waals surface area contributed by atoms with Gasteiger partial charge in [-0.25, -0.2) is 0 Å². The molecule has 1 unspecified atom stereocenters. The lowest BCUT2D eigenvalue weighted by Gasteiger charge is -2.32. The van der Waals surface area contributed by atoms with Gasteiger partial charge in [-0.2, -0.15) is 0 Å². The molecule has 9 aromatic rings. The lowest BCUT2D eigenvalue weighted by atomic mass is 9.81. The van der Waals surface area contributed by atoms with E-state index < -0.39 is 0 Å². The van der Waals surface area contributed by atoms with E-state index in [9.17, 15) is 0 Å². The molecule has 1 atom stereocenters. The quantitative estimate of drug-likeness (QED) is 0.169. The minimum Gasteiger partial charge on any atom is -0.456 e. The summed E-state index contributed by atoms with van der Waals surface area (Å²) in [7, 11) is 0. The van der Waals surface area contributed by atoms with Crippen LogP contribution >= 0.6 is 0 Å². The smallest absolute Gasteiger partial charge is 0.136 e. The Morgan fingerprint density at radius 3 is 1.98 bits per heavy atom. The lowest BCUT2D eigenvalue weighted by molar-refractivity contribution is 0.660. The SMILES string of the molecule is CC1(C)c2cc(C3=NC(c4ccccc4)[N-]C(c4ccccc4)=N3)ccc2-c2ccc(-c3ccc4c(ccc5ccc6oc7ccccc7c6c54)c3)cc21. The van der Waals surface area contributed by atoms with Gasteiger partial charge in [-0.3, -0.25) is 4.99 Å². The van der Waals surface area contributed by atoms with Crippen molar-refractivity contribution in [2.24, 2.45) is 9.98 Å². The highest BCUT2D eigenvalue weighted by Crippen LogP contribution is 2.50. The van der Waals surface area contributed by atoms with E-state index in [1.165, 1.54) is 60.3 Å². The second kappa shape index (κ2) is 11.6. The van der Waals surface area contributed by atoms with E-state index in [0.717, 1.165) is 33.2 Å². The Balaban J connectivity index is 0.984. The van der Waals surface area contributed by atoms with E-state index in [4.69, 9.17) is 19.7 Å². The summed E-state index contributed by atoms with van der Waals surface area (Å²) in [6.45, 7) is 4.67. The molecule has 0 radical (unpaired) electrons. The highest BCUT2D eigenvalue weighted by molar-refractivity contribution is 6.27. The molecule has 0 saturated heterocycles. The van der Waals surface area contributed by atoms with Gasteiger partial charge in [0.25, 0.3) is 0 Å². The normalized spacial score (nSPS) is 15.9. The van der Waals surface area contributed by atoms with E-state index in [2.05, 4.69) is 135 Å². The van der Waals surface area contributed by atoms with Gasteiger partial charge in [-0.05, 0) is 96.6 Å². The molecule has 0 N–H and O–H groups in total. The topological polar surface area (TPSA) is 52.0 Å². The summed E-state index contributed by atoms with van der Waals surface area (Å²) in [6.07, 6.45) is -0.361. The van der Waals surface area contributed by atoms with Crippen LogP contribution in [0.2, 0.25) is 0 Å². The molecule has 0 amide bonds. The van der Waals surface area contributed by atoms with Crippen molar-refractivity contribution in [1.29, 1.82) is 0 Å². The number of hydrogen-bond acceptors (Lipinski definition) is 3. The molecular formula is C50H34N3O-. The Morgan fingerprint density at radius 1 is 0.519 bits per heavy atom. The van der Waals surface area contributed by atoms with E-state index in [0.29, 0.717) is 11.7 Å². The Bertz CT molecular complexity index is 3040. The van der Waals surface area contributed by atoms with Gasteiger partial charge >= 0.3 is 0 Å². The molecule has 0 saturated carbocycles. The Labute approximate surface area is 313 Å². The summed E-state index contributed by atoms with van der Waals surface area (Å²) in [5.74, 6) is 1.41. The van der Waals surface area contributed by atoms with E-state index in [1.807, 2.05) is 42.5 Å². The summed E-state index contributed by atoms with van der Waals surface area (Å²) in [4.78, 5) is 10.1. The van der Waals surface area contributed by atoms with E-state index in [-0.39, 0.29) is 11.6 Å². The van der Waals surface area contributed by atoms with Crippen LogP contribution in [0, 0.1) is 0 Å². The fraction of sp³-hybridized carbons (Fsp3) is 0.0800. The van der Waals surface area contributed by atoms with Crippen LogP contribution in [0.25, 0.3) is 71.1 Å². The van der Waals surface area contributed by atoms with E-state index in [1.54, 1.807) is 0 Å². The van der Waals surface area contributed by atoms with E-state index >= 15 is 0 Å². The zero-order chi connectivity index (χ0) is 36.0. The van der Waals surface area contributed by atoms with Crippen molar-refractivity contribution in [3.63, 3.8) is 0 Å². The number of hydrogen-bond donors (Lipinski definition) is 0. The third kappa shape index (κ3) is 4.70. The first-order valence-corrected chi connectivity index (χ1v) is 18.5. The Morgan fingerprint density at radius 2 is 1.17 bits per heavy atom. The summed E-state index contributed by atoms with van der Waals surface area (Å²) >= 11 is 0. The van der Waals surface area contributed by atoms with Crippen LogP contribution in [-0.4, -0.2) is 11.7 Å². The maximum Gasteiger partial charge on any atom is 0.136 e. The number of para-hydroxylation sites is 1. The van der Waals surface area contributed by atoms with Crippen LogP contribution in [0.5, 0.6) is 0 Å². The summed E-state index contributed by atoms with van der Waals surface area (Å²) in [6, 6.07) is 58.2. The van der Waals surface area contributed by atoms with Crippen molar-refractivity contribution in [3.8, 4) is 22.3 Å². The zero-order valence-corrected chi connectivity index (χ0v) is 29.9. The lowest BCUT2D eigenvalue weighted by Crippen LogP contribution is -2.18. The second-order valence-corrected chi connectivity index (χ2v) is 14.9. The highest BCUT2D eigenvalue weighted by atomic mass is 16.3. The van der Waals surface area contributed by atoms with Crippen LogP contribution in [-0.2, 0) is 5.41 Å². The van der Waals surface area contributed by atoms with Gasteiger partial charge < -0.3 is 14.7 Å². The zero-order valence-electron chi connectivity index (χ0n) is 29.9. The van der Waals surface area contributed by atoms with Crippen LogP contribution in [0.1, 0.15) is 47.8 Å². The van der Waals surface area contributed by atoms with Crippen molar-refractivity contribution in [1.82, 2.24) is 0 Å². The molecule has 1 aromatic heterocycles. The monoisotopic (exact) mass is 692 g/mol. The first kappa shape index (κ1) is 30.8. The largest absolute Gasteiger partial charge is 0.456 e. The molecule has 4 heteroatoms. The molecule has 0 bridgehead atoms. The van der Waals surface area contributed by atoms with Crippen molar-refractivity contribution < 1.29 is 4.42 Å². The number of rotatable bonds is 4. The third-order valence-electron chi connectivity index (χ3n) is 11.4. The van der Waals surface area contributed by atoms with Crippen LogP contribution in [0.4, 0.5) is 0 Å². The molecule has 0 fully saturated rings. The average molecular weight is 693 g/mol. The highest BCUT2D eigenvalue weighted by Gasteiger charge is 2.36. The molecule has 8 aromatic carbocycles. The molecule has 0 spiro atoms. The number of nitrogens with zero attached hydrogens (tertiary/aromatic N) is 3. The molecule has 11 rings (SSSR count). The minimum atomic E-state index is -0.361. The van der Waals surface area contributed by atoms with Gasteiger partial charge in [-0.1, -0.05) is 153 Å². The van der Waals surface area contributed by atoms with Gasteiger partial charge in [0.05, 0.1) is 12.0 Å². The van der Waals surface area contributed by atoms with Gasteiger partial charge in [0.15, 0.2) is 0 Å². The number of fused-ring (bicyclic) bond motifs is 10. The molecule has 1 aliphatic carbocycles. The summed E-state index contributed by atoms with van der Waals surface area (Å²) in [5.41, 5.74) is 12.2. The Hall–Kier alpha value is -6.78. The molecule has 54 heavy (non-hydrogen) atoms. The van der Waals surface area contributed by atoms with Gasteiger partial charge in [-0.15, -0.1) is 0 Å². The number of benzene rings is 8. The number of amidine groups is 2. The molecule has 2 heterocycles. The molecule has 1 aliphatic heterocycles. The van der Waals surface area contributed by atoms with Gasteiger partial charge in [0.2, 0.25) is 0 Å². The van der Waals surface area contributed by atoms with Crippen LogP contribution in [0.3, 0.4) is 0 Å². The standard InChI is InChI=1S/C50H34N3O/c1-50(2)41-28-34(33-19-23-37-35(27-33)18-17-30-22-26-44-46(45(30)37)40-15-9-10-16-43(40)54-44)20-24-38(41)39-25-21-36(29-42(39)50)49-52-47(31-11-5-3-6-12-31)51-48(53-49)32-13-7-4-8-14-32/h3-29,47H,1-2H3/q-1. The minimum absolute atomic E-state index is 0.220. The average Bonchev–Trinajstić information content (AvgIpc) is 3.72. The third-order valence-corrected chi connectivity index (χ3v) is 11.4. The summed E-state index contributed by atoms with van der Waals surface area (Å²) < 4.78 is 6.26. The maximum absolute atomic E-state index is 6.26. The second-order valence-electron chi connectivity index (χ2n) is 14.9. The van der Waals surface area contributed by atoms with Crippen molar-refractivity contribution in [2.45, 2.75) is 25.4 Å². The molecular weight excluding hydrogens is 659 g/mol.